The van der Waals surface area contributed by atoms with Crippen LogP contribution in [0.3, 0.4) is 0 Å². The van der Waals surface area contributed by atoms with Crippen molar-refractivity contribution in [3.63, 3.8) is 0 Å². The van der Waals surface area contributed by atoms with Gasteiger partial charge in [-0.1, -0.05) is 0 Å². The molecule has 2 atom stereocenters. The number of aliphatic carboxylic acids is 1. The molecule has 1 amide bonds. The average Bonchev–Trinajstić information content (AvgIpc) is 2.60. The lowest BCUT2D eigenvalue weighted by molar-refractivity contribution is -0.138. The van der Waals surface area contributed by atoms with Crippen LogP contribution in [-0.2, 0) is 9.59 Å². The Hall–Kier alpha value is -0.850. The molecule has 1 aliphatic rings. The molecule has 1 saturated heterocycles. The van der Waals surface area contributed by atoms with Crippen LogP contribution in [0.5, 0.6) is 0 Å². The van der Waals surface area contributed by atoms with Crippen molar-refractivity contribution < 1.29 is 14.7 Å². The molecule has 1 heterocycles. The zero-order valence-electron chi connectivity index (χ0n) is 15.0. The van der Waals surface area contributed by atoms with E-state index >= 15 is 0 Å². The van der Waals surface area contributed by atoms with Crippen LogP contribution in [0.4, 0.5) is 0 Å². The molecule has 7 heteroatoms. The third-order valence-corrected chi connectivity index (χ3v) is 4.17. The van der Waals surface area contributed by atoms with Crippen molar-refractivity contribution in [1.82, 2.24) is 15.1 Å². The van der Waals surface area contributed by atoms with Gasteiger partial charge in [-0.3, -0.25) is 19.4 Å². The monoisotopic (exact) mass is 349 g/mol. The Kier molecular flexibility index (Phi) is 9.10. The molecule has 0 saturated carbocycles. The van der Waals surface area contributed by atoms with E-state index in [1.54, 1.807) is 0 Å². The number of carbonyl (C=O) groups is 2. The van der Waals surface area contributed by atoms with Crippen molar-refractivity contribution in [1.29, 1.82) is 0 Å². The summed E-state index contributed by atoms with van der Waals surface area (Å²) in [7, 11) is 1.87. The molecule has 0 aromatic carbocycles. The highest BCUT2D eigenvalue weighted by Crippen LogP contribution is 2.17. The van der Waals surface area contributed by atoms with Crippen LogP contribution in [0.2, 0.25) is 0 Å². The topological polar surface area (TPSA) is 72.9 Å². The molecule has 1 rings (SSSR count). The van der Waals surface area contributed by atoms with E-state index in [2.05, 4.69) is 10.2 Å². The number of carbonyl (C=O) groups excluding carboxylic acids is 1. The van der Waals surface area contributed by atoms with Gasteiger partial charge in [0.15, 0.2) is 0 Å². The Labute approximate surface area is 146 Å². The molecule has 0 spiro atoms. The van der Waals surface area contributed by atoms with Crippen LogP contribution in [0.15, 0.2) is 0 Å². The quantitative estimate of drug-likeness (QED) is 0.788. The van der Waals surface area contributed by atoms with Gasteiger partial charge in [0.25, 0.3) is 0 Å². The van der Waals surface area contributed by atoms with E-state index in [9.17, 15) is 9.59 Å². The number of hydrogen-bond donors (Lipinski definition) is 2. The van der Waals surface area contributed by atoms with Gasteiger partial charge in [0.05, 0.1) is 12.6 Å². The molecule has 2 unspecified atom stereocenters. The number of likely N-dealkylation sites (N-methyl/N-ethyl adjacent to an activating group) is 1. The predicted octanol–water partition coefficient (Wildman–Crippen LogP) is 1.58. The second-order valence-corrected chi connectivity index (χ2v) is 7.34. The number of hydrogen-bond acceptors (Lipinski definition) is 4. The van der Waals surface area contributed by atoms with Crippen LogP contribution >= 0.6 is 12.4 Å². The zero-order valence-corrected chi connectivity index (χ0v) is 15.8. The first-order chi connectivity index (χ1) is 10.1. The Morgan fingerprint density at radius 1 is 1.30 bits per heavy atom. The summed E-state index contributed by atoms with van der Waals surface area (Å²) >= 11 is 0. The van der Waals surface area contributed by atoms with Crippen LogP contribution in [0.1, 0.15) is 47.0 Å². The second kappa shape index (κ2) is 9.45. The van der Waals surface area contributed by atoms with Crippen molar-refractivity contribution in [3.05, 3.63) is 0 Å². The SMILES string of the molecule is CC(C(=O)NC(C)(C)C)N1CCCC(N(C)CC(=O)O)CC1.Cl. The lowest BCUT2D eigenvalue weighted by atomic mass is 10.1. The fourth-order valence-corrected chi connectivity index (χ4v) is 2.91. The number of rotatable bonds is 5. The highest BCUT2D eigenvalue weighted by molar-refractivity contribution is 5.85. The van der Waals surface area contributed by atoms with E-state index in [0.717, 1.165) is 32.4 Å². The third-order valence-electron chi connectivity index (χ3n) is 4.17. The van der Waals surface area contributed by atoms with Crippen LogP contribution in [0.25, 0.3) is 0 Å². The minimum Gasteiger partial charge on any atom is -0.480 e. The van der Waals surface area contributed by atoms with Gasteiger partial charge in [0.1, 0.15) is 0 Å². The van der Waals surface area contributed by atoms with Crippen molar-refractivity contribution in [3.8, 4) is 0 Å². The molecule has 0 aromatic heterocycles. The van der Waals surface area contributed by atoms with Crippen LogP contribution in [0, 0.1) is 0 Å². The first kappa shape index (κ1) is 22.1. The summed E-state index contributed by atoms with van der Waals surface area (Å²) < 4.78 is 0. The molecular weight excluding hydrogens is 318 g/mol. The molecule has 1 aliphatic heterocycles. The van der Waals surface area contributed by atoms with Crippen molar-refractivity contribution in [2.45, 2.75) is 64.6 Å². The zero-order chi connectivity index (χ0) is 16.9. The molecule has 0 bridgehead atoms. The maximum atomic E-state index is 12.3. The van der Waals surface area contributed by atoms with E-state index in [-0.39, 0.29) is 42.5 Å². The number of amides is 1. The largest absolute Gasteiger partial charge is 0.480 e. The molecule has 136 valence electrons. The number of carboxylic acids is 1. The summed E-state index contributed by atoms with van der Waals surface area (Å²) in [5.41, 5.74) is -0.221. The number of nitrogens with zero attached hydrogens (tertiary/aromatic N) is 2. The Balaban J connectivity index is 0.00000484. The summed E-state index contributed by atoms with van der Waals surface area (Å²) in [5, 5.41) is 11.9. The Bertz CT molecular complexity index is 399. The molecule has 0 aromatic rings. The summed E-state index contributed by atoms with van der Waals surface area (Å²) in [5.74, 6) is -0.730. The standard InChI is InChI=1S/C16H31N3O3.ClH/c1-12(15(22)17-16(2,3)4)19-9-6-7-13(8-10-19)18(5)11-14(20)21;/h12-13H,6-11H2,1-5H3,(H,17,22)(H,20,21);1H. The van der Waals surface area contributed by atoms with E-state index in [1.165, 1.54) is 0 Å². The van der Waals surface area contributed by atoms with Gasteiger partial charge in [-0.05, 0) is 60.5 Å². The van der Waals surface area contributed by atoms with Gasteiger partial charge in [-0.15, -0.1) is 12.4 Å². The predicted molar refractivity (Wildman–Crippen MR) is 94.1 cm³/mol. The second-order valence-electron chi connectivity index (χ2n) is 7.34. The fourth-order valence-electron chi connectivity index (χ4n) is 2.91. The molecular formula is C16H32ClN3O3. The van der Waals surface area contributed by atoms with Gasteiger partial charge in [0, 0.05) is 18.1 Å². The van der Waals surface area contributed by atoms with Gasteiger partial charge >= 0.3 is 5.97 Å². The van der Waals surface area contributed by atoms with Gasteiger partial charge in [0.2, 0.25) is 5.91 Å². The van der Waals surface area contributed by atoms with Crippen molar-refractivity contribution in [2.24, 2.45) is 0 Å². The number of nitrogens with one attached hydrogen (secondary N) is 1. The van der Waals surface area contributed by atoms with E-state index < -0.39 is 5.97 Å². The van der Waals surface area contributed by atoms with Gasteiger partial charge in [-0.2, -0.15) is 0 Å². The molecule has 1 fully saturated rings. The number of carboxylic acid groups (broad SMARTS) is 1. The highest BCUT2D eigenvalue weighted by atomic mass is 35.5. The molecule has 23 heavy (non-hydrogen) atoms. The van der Waals surface area contributed by atoms with Crippen LogP contribution in [-0.4, -0.2) is 71.1 Å². The lowest BCUT2D eigenvalue weighted by Gasteiger charge is -2.30. The molecule has 6 nitrogen and oxygen atoms in total. The normalized spacial score (nSPS) is 21.2. The van der Waals surface area contributed by atoms with Crippen molar-refractivity contribution >= 4 is 24.3 Å². The summed E-state index contributed by atoms with van der Waals surface area (Å²) in [4.78, 5) is 27.2. The maximum Gasteiger partial charge on any atom is 0.317 e. The Morgan fingerprint density at radius 2 is 1.91 bits per heavy atom. The summed E-state index contributed by atoms with van der Waals surface area (Å²) in [6, 6.07) is 0.127. The smallest absolute Gasteiger partial charge is 0.317 e. The minimum atomic E-state index is -0.790. The number of halogens is 1. The first-order valence-electron chi connectivity index (χ1n) is 8.08. The van der Waals surface area contributed by atoms with E-state index in [1.807, 2.05) is 39.6 Å². The Morgan fingerprint density at radius 3 is 2.43 bits per heavy atom. The fraction of sp³-hybridized carbons (Fsp3) is 0.875. The maximum absolute atomic E-state index is 12.3. The average molecular weight is 350 g/mol. The van der Waals surface area contributed by atoms with E-state index in [0.29, 0.717) is 0 Å². The van der Waals surface area contributed by atoms with Crippen LogP contribution < -0.4 is 5.32 Å². The van der Waals surface area contributed by atoms with Gasteiger partial charge < -0.3 is 10.4 Å². The minimum absolute atomic E-state index is 0. The van der Waals surface area contributed by atoms with Crippen molar-refractivity contribution in [2.75, 3.05) is 26.7 Å². The summed E-state index contributed by atoms with van der Waals surface area (Å²) in [6.07, 6.45) is 2.87. The third kappa shape index (κ3) is 7.99. The van der Waals surface area contributed by atoms with Gasteiger partial charge in [-0.25, -0.2) is 0 Å². The lowest BCUT2D eigenvalue weighted by Crippen LogP contribution is -2.51. The molecule has 2 N–H and O–H groups in total. The highest BCUT2D eigenvalue weighted by Gasteiger charge is 2.28. The van der Waals surface area contributed by atoms with E-state index in [4.69, 9.17) is 5.11 Å². The summed E-state index contributed by atoms with van der Waals surface area (Å²) in [6.45, 7) is 9.68. The molecule has 0 radical (unpaired) electrons. The molecule has 0 aliphatic carbocycles. The first-order valence-corrected chi connectivity index (χ1v) is 8.08. The number of likely N-dealkylation sites (tertiary alicyclic amines) is 1.